The Morgan fingerprint density at radius 2 is 2.35 bits per heavy atom. The van der Waals surface area contributed by atoms with E-state index in [9.17, 15) is 14.0 Å². The summed E-state index contributed by atoms with van der Waals surface area (Å²) in [6.07, 6.45) is 0.946. The second-order valence-electron chi connectivity index (χ2n) is 5.44. The number of rotatable bonds is 2. The first-order valence-electron chi connectivity index (χ1n) is 6.16. The lowest BCUT2D eigenvalue weighted by Gasteiger charge is -2.28. The molecule has 2 saturated heterocycles. The SMILES string of the molecule is CCOC(=O)[C@@]12CCC(=O)N1C[C@@]1(C[C@@H]1F)C2. The van der Waals surface area contributed by atoms with Gasteiger partial charge >= 0.3 is 5.97 Å². The predicted molar refractivity (Wildman–Crippen MR) is 56.9 cm³/mol. The number of carbonyl (C=O) groups excluding carboxylic acids is 2. The van der Waals surface area contributed by atoms with Crippen molar-refractivity contribution in [3.05, 3.63) is 0 Å². The Labute approximate surface area is 99.1 Å². The summed E-state index contributed by atoms with van der Waals surface area (Å²) in [5.41, 5.74) is -1.29. The van der Waals surface area contributed by atoms with Gasteiger partial charge in [-0.3, -0.25) is 4.79 Å². The maximum Gasteiger partial charge on any atom is 0.332 e. The fourth-order valence-electron chi connectivity index (χ4n) is 3.39. The molecule has 94 valence electrons. The van der Waals surface area contributed by atoms with Crippen molar-refractivity contribution in [1.29, 1.82) is 0 Å². The maximum absolute atomic E-state index is 13.4. The van der Waals surface area contributed by atoms with E-state index in [1.54, 1.807) is 11.8 Å². The van der Waals surface area contributed by atoms with E-state index in [2.05, 4.69) is 0 Å². The normalized spacial score (nSPS) is 43.1. The molecule has 0 radical (unpaired) electrons. The number of ether oxygens (including phenoxy) is 1. The van der Waals surface area contributed by atoms with Crippen LogP contribution in [0.4, 0.5) is 4.39 Å². The first-order chi connectivity index (χ1) is 8.04. The van der Waals surface area contributed by atoms with Crippen LogP contribution in [0, 0.1) is 5.41 Å². The highest BCUT2D eigenvalue weighted by molar-refractivity contribution is 5.93. The van der Waals surface area contributed by atoms with Crippen molar-refractivity contribution in [2.24, 2.45) is 5.41 Å². The zero-order chi connectivity index (χ0) is 12.3. The Morgan fingerprint density at radius 3 is 2.94 bits per heavy atom. The number of hydrogen-bond acceptors (Lipinski definition) is 3. The molecule has 1 aliphatic carbocycles. The van der Waals surface area contributed by atoms with Crippen LogP contribution < -0.4 is 0 Å². The zero-order valence-electron chi connectivity index (χ0n) is 9.87. The standard InChI is InChI=1S/C12H16FNO3/c1-2-17-10(16)12-4-3-9(15)14(12)7-11(6-12)5-8(11)13/h8H,2-7H2,1H3/t8-,11+,12-/m0/s1. The molecule has 0 bridgehead atoms. The summed E-state index contributed by atoms with van der Waals surface area (Å²) in [6, 6.07) is 0. The molecule has 1 saturated carbocycles. The minimum atomic E-state index is -0.854. The van der Waals surface area contributed by atoms with Crippen molar-refractivity contribution in [2.45, 2.75) is 44.3 Å². The van der Waals surface area contributed by atoms with Gasteiger partial charge in [0.1, 0.15) is 11.7 Å². The van der Waals surface area contributed by atoms with Crippen LogP contribution in [-0.4, -0.2) is 41.6 Å². The molecular weight excluding hydrogens is 225 g/mol. The minimum Gasteiger partial charge on any atom is -0.464 e. The van der Waals surface area contributed by atoms with Gasteiger partial charge in [-0.05, 0) is 26.2 Å². The molecule has 0 aromatic rings. The Bertz CT molecular complexity index is 399. The van der Waals surface area contributed by atoms with Crippen molar-refractivity contribution in [2.75, 3.05) is 13.2 Å². The highest BCUT2D eigenvalue weighted by Gasteiger charge is 2.71. The van der Waals surface area contributed by atoms with Gasteiger partial charge in [-0.15, -0.1) is 0 Å². The van der Waals surface area contributed by atoms with Gasteiger partial charge in [-0.2, -0.15) is 0 Å². The van der Waals surface area contributed by atoms with E-state index < -0.39 is 17.1 Å². The summed E-state index contributed by atoms with van der Waals surface area (Å²) in [4.78, 5) is 25.4. The van der Waals surface area contributed by atoms with Gasteiger partial charge in [0.15, 0.2) is 0 Å². The molecule has 2 aliphatic heterocycles. The molecule has 3 aliphatic rings. The predicted octanol–water partition coefficient (Wildman–Crippen LogP) is 1.04. The topological polar surface area (TPSA) is 46.6 Å². The van der Waals surface area contributed by atoms with Crippen molar-refractivity contribution in [3.63, 3.8) is 0 Å². The molecule has 17 heavy (non-hydrogen) atoms. The van der Waals surface area contributed by atoms with Gasteiger partial charge in [0.2, 0.25) is 5.91 Å². The molecule has 0 N–H and O–H groups in total. The van der Waals surface area contributed by atoms with Gasteiger partial charge in [-0.25, -0.2) is 9.18 Å². The first-order valence-corrected chi connectivity index (χ1v) is 6.16. The third-order valence-electron chi connectivity index (χ3n) is 4.43. The molecule has 1 amide bonds. The average molecular weight is 241 g/mol. The third kappa shape index (κ3) is 1.28. The molecule has 4 nitrogen and oxygen atoms in total. The molecule has 0 aromatic carbocycles. The molecule has 2 heterocycles. The monoisotopic (exact) mass is 241 g/mol. The summed E-state index contributed by atoms with van der Waals surface area (Å²) in [5.74, 6) is -0.379. The summed E-state index contributed by atoms with van der Waals surface area (Å²) >= 11 is 0. The largest absolute Gasteiger partial charge is 0.464 e. The zero-order valence-corrected chi connectivity index (χ0v) is 9.87. The van der Waals surface area contributed by atoms with Gasteiger partial charge in [0.25, 0.3) is 0 Å². The second-order valence-corrected chi connectivity index (χ2v) is 5.44. The summed E-state index contributed by atoms with van der Waals surface area (Å²) < 4.78 is 18.5. The molecule has 1 spiro atoms. The Morgan fingerprint density at radius 1 is 1.65 bits per heavy atom. The number of fused-ring (bicyclic) bond motifs is 1. The highest BCUT2D eigenvalue weighted by Crippen LogP contribution is 2.62. The highest BCUT2D eigenvalue weighted by atomic mass is 19.1. The van der Waals surface area contributed by atoms with E-state index in [0.717, 1.165) is 0 Å². The minimum absolute atomic E-state index is 0.0333. The second kappa shape index (κ2) is 3.21. The number of esters is 1. The Hall–Kier alpha value is -1.13. The number of nitrogens with zero attached hydrogens (tertiary/aromatic N) is 1. The molecular formula is C12H16FNO3. The molecule has 5 heteroatoms. The van der Waals surface area contributed by atoms with Crippen molar-refractivity contribution in [1.82, 2.24) is 4.90 Å². The van der Waals surface area contributed by atoms with Gasteiger partial charge in [-0.1, -0.05) is 0 Å². The van der Waals surface area contributed by atoms with Crippen molar-refractivity contribution >= 4 is 11.9 Å². The van der Waals surface area contributed by atoms with Gasteiger partial charge in [0, 0.05) is 18.4 Å². The van der Waals surface area contributed by atoms with E-state index in [-0.39, 0.29) is 11.9 Å². The van der Waals surface area contributed by atoms with Gasteiger partial charge in [0.05, 0.1) is 6.61 Å². The van der Waals surface area contributed by atoms with Crippen molar-refractivity contribution < 1.29 is 18.7 Å². The number of hydrogen-bond donors (Lipinski definition) is 0. The van der Waals surface area contributed by atoms with E-state index in [1.807, 2.05) is 0 Å². The Kier molecular flexibility index (Phi) is 2.07. The lowest BCUT2D eigenvalue weighted by Crippen LogP contribution is -2.48. The van der Waals surface area contributed by atoms with Crippen LogP contribution in [0.15, 0.2) is 0 Å². The van der Waals surface area contributed by atoms with E-state index >= 15 is 0 Å². The van der Waals surface area contributed by atoms with E-state index in [4.69, 9.17) is 4.74 Å². The summed E-state index contributed by atoms with van der Waals surface area (Å²) in [7, 11) is 0. The average Bonchev–Trinajstić information content (AvgIpc) is 2.65. The lowest BCUT2D eigenvalue weighted by atomic mass is 9.88. The number of halogens is 1. The van der Waals surface area contributed by atoms with Crippen LogP contribution in [-0.2, 0) is 14.3 Å². The van der Waals surface area contributed by atoms with Crippen LogP contribution in [0.3, 0.4) is 0 Å². The van der Waals surface area contributed by atoms with Crippen molar-refractivity contribution in [3.8, 4) is 0 Å². The third-order valence-corrected chi connectivity index (χ3v) is 4.43. The fraction of sp³-hybridized carbons (Fsp3) is 0.833. The number of alkyl halides is 1. The van der Waals surface area contributed by atoms with Gasteiger partial charge < -0.3 is 9.64 Å². The van der Waals surface area contributed by atoms with E-state index in [1.165, 1.54) is 0 Å². The van der Waals surface area contributed by atoms with E-state index in [0.29, 0.717) is 38.8 Å². The lowest BCUT2D eigenvalue weighted by molar-refractivity contribution is -0.157. The number of carbonyl (C=O) groups is 2. The van der Waals surface area contributed by atoms with Crippen LogP contribution in [0.1, 0.15) is 32.6 Å². The van der Waals surface area contributed by atoms with Crippen LogP contribution in [0.5, 0.6) is 0 Å². The van der Waals surface area contributed by atoms with Crippen LogP contribution >= 0.6 is 0 Å². The first kappa shape index (κ1) is 11.0. The maximum atomic E-state index is 13.4. The molecule has 3 fully saturated rings. The Balaban J connectivity index is 1.90. The molecule has 3 atom stereocenters. The summed E-state index contributed by atoms with van der Waals surface area (Å²) in [5, 5.41) is 0. The summed E-state index contributed by atoms with van der Waals surface area (Å²) in [6.45, 7) is 2.44. The quantitative estimate of drug-likeness (QED) is 0.679. The molecule has 0 unspecified atom stereocenters. The smallest absolute Gasteiger partial charge is 0.332 e. The fourth-order valence-corrected chi connectivity index (χ4v) is 3.39. The number of amides is 1. The van der Waals surface area contributed by atoms with Crippen LogP contribution in [0.2, 0.25) is 0 Å². The van der Waals surface area contributed by atoms with Crippen LogP contribution in [0.25, 0.3) is 0 Å². The molecule has 3 rings (SSSR count). The molecule has 0 aromatic heterocycles.